The van der Waals surface area contributed by atoms with Gasteiger partial charge in [0.2, 0.25) is 0 Å². The first kappa shape index (κ1) is 9.90. The van der Waals surface area contributed by atoms with Crippen LogP contribution in [0.3, 0.4) is 0 Å². The largest absolute Gasteiger partial charge is 0.478 e. The third-order valence-corrected chi connectivity index (χ3v) is 2.96. The third kappa shape index (κ3) is 1.54. The Morgan fingerprint density at radius 1 is 1.33 bits per heavy atom. The van der Waals surface area contributed by atoms with Gasteiger partial charge in [0.15, 0.2) is 5.78 Å². The number of carbonyl (C=O) groups excluding carboxylic acids is 1. The van der Waals surface area contributed by atoms with Gasteiger partial charge >= 0.3 is 5.97 Å². The van der Waals surface area contributed by atoms with Crippen LogP contribution in [0, 0.1) is 6.92 Å². The van der Waals surface area contributed by atoms with Crippen LogP contribution < -0.4 is 0 Å². The highest BCUT2D eigenvalue weighted by Gasteiger charge is 2.21. The first-order valence-electron chi connectivity index (χ1n) is 5.00. The summed E-state index contributed by atoms with van der Waals surface area (Å²) in [6.45, 7) is 1.78. The Morgan fingerprint density at radius 3 is 2.73 bits per heavy atom. The molecule has 0 bridgehead atoms. The van der Waals surface area contributed by atoms with E-state index in [0.717, 1.165) is 24.0 Å². The lowest BCUT2D eigenvalue weighted by molar-refractivity contribution is 0.0695. The van der Waals surface area contributed by atoms with Crippen LogP contribution in [-0.4, -0.2) is 16.9 Å². The van der Waals surface area contributed by atoms with E-state index in [4.69, 9.17) is 5.11 Å². The number of rotatable bonds is 1. The number of carboxylic acids is 1. The number of carboxylic acid groups (broad SMARTS) is 1. The van der Waals surface area contributed by atoms with Gasteiger partial charge in [-0.1, -0.05) is 6.07 Å². The van der Waals surface area contributed by atoms with E-state index in [9.17, 15) is 9.59 Å². The number of hydrogen-bond acceptors (Lipinski definition) is 2. The molecule has 0 spiro atoms. The fourth-order valence-corrected chi connectivity index (χ4v) is 2.13. The molecule has 78 valence electrons. The summed E-state index contributed by atoms with van der Waals surface area (Å²) in [6.07, 6.45) is 2.22. The lowest BCUT2D eigenvalue weighted by Crippen LogP contribution is -2.14. The number of hydrogen-bond donors (Lipinski definition) is 1. The maximum absolute atomic E-state index is 11.6. The molecular formula is C12H12O3. The highest BCUT2D eigenvalue weighted by atomic mass is 16.4. The molecule has 0 fully saturated rings. The Morgan fingerprint density at radius 2 is 2.07 bits per heavy atom. The Kier molecular flexibility index (Phi) is 2.31. The molecule has 0 unspecified atom stereocenters. The maximum Gasteiger partial charge on any atom is 0.335 e. The molecule has 0 saturated carbocycles. The number of fused-ring (bicyclic) bond motifs is 1. The predicted octanol–water partition coefficient (Wildman–Crippen LogP) is 2.21. The van der Waals surface area contributed by atoms with Gasteiger partial charge in [0.1, 0.15) is 0 Å². The molecule has 0 aliphatic heterocycles. The molecule has 1 N–H and O–H groups in total. The Labute approximate surface area is 87.7 Å². The lowest BCUT2D eigenvalue weighted by atomic mass is 9.86. The summed E-state index contributed by atoms with van der Waals surface area (Å²) in [6, 6.07) is 3.17. The minimum absolute atomic E-state index is 0.135. The average Bonchev–Trinajstić information content (AvgIpc) is 2.19. The van der Waals surface area contributed by atoms with Crippen molar-refractivity contribution in [2.24, 2.45) is 0 Å². The number of carbonyl (C=O) groups is 2. The summed E-state index contributed by atoms with van der Waals surface area (Å²) >= 11 is 0. The third-order valence-electron chi connectivity index (χ3n) is 2.96. The van der Waals surface area contributed by atoms with Gasteiger partial charge in [-0.25, -0.2) is 4.79 Å². The van der Waals surface area contributed by atoms with E-state index in [0.29, 0.717) is 17.5 Å². The second-order valence-electron chi connectivity index (χ2n) is 3.85. The molecule has 0 atom stereocenters. The van der Waals surface area contributed by atoms with Gasteiger partial charge in [-0.05, 0) is 37.0 Å². The summed E-state index contributed by atoms with van der Waals surface area (Å²) in [5.74, 6) is -0.787. The minimum atomic E-state index is -0.923. The molecule has 1 aromatic carbocycles. The summed E-state index contributed by atoms with van der Waals surface area (Å²) in [5, 5.41) is 8.95. The quantitative estimate of drug-likeness (QED) is 0.763. The Bertz CT molecular complexity index is 446. The van der Waals surface area contributed by atoms with Crippen molar-refractivity contribution in [3.63, 3.8) is 0 Å². The van der Waals surface area contributed by atoms with Crippen LogP contribution >= 0.6 is 0 Å². The topological polar surface area (TPSA) is 54.4 Å². The van der Waals surface area contributed by atoms with E-state index < -0.39 is 5.97 Å². The SMILES string of the molecule is Cc1c(C(=O)O)ccc2c1CCCC2=O. The monoisotopic (exact) mass is 204 g/mol. The van der Waals surface area contributed by atoms with Crippen LogP contribution in [0.1, 0.15) is 44.7 Å². The molecular weight excluding hydrogens is 192 g/mol. The lowest BCUT2D eigenvalue weighted by Gasteiger charge is -2.18. The molecule has 1 aliphatic carbocycles. The maximum atomic E-state index is 11.6. The molecule has 0 saturated heterocycles. The summed E-state index contributed by atoms with van der Waals surface area (Å²) in [5.41, 5.74) is 2.69. The van der Waals surface area contributed by atoms with Crippen molar-refractivity contribution in [2.75, 3.05) is 0 Å². The Hall–Kier alpha value is -1.64. The number of Topliss-reactive ketones (excluding diaryl/α,β-unsaturated/α-hetero) is 1. The molecule has 1 aromatic rings. The second-order valence-corrected chi connectivity index (χ2v) is 3.85. The van der Waals surface area contributed by atoms with Crippen molar-refractivity contribution < 1.29 is 14.7 Å². The van der Waals surface area contributed by atoms with Gasteiger partial charge in [0, 0.05) is 12.0 Å². The molecule has 0 aromatic heterocycles. The van der Waals surface area contributed by atoms with E-state index in [1.165, 1.54) is 6.07 Å². The zero-order valence-corrected chi connectivity index (χ0v) is 8.54. The van der Waals surface area contributed by atoms with E-state index in [1.54, 1.807) is 13.0 Å². The van der Waals surface area contributed by atoms with Crippen LogP contribution in [-0.2, 0) is 6.42 Å². The summed E-state index contributed by atoms with van der Waals surface area (Å²) in [7, 11) is 0. The van der Waals surface area contributed by atoms with Crippen LogP contribution in [0.25, 0.3) is 0 Å². The highest BCUT2D eigenvalue weighted by molar-refractivity contribution is 6.00. The first-order valence-corrected chi connectivity index (χ1v) is 5.00. The summed E-state index contributed by atoms with van der Waals surface area (Å²) in [4.78, 5) is 22.5. The second kappa shape index (κ2) is 3.50. The van der Waals surface area contributed by atoms with Gasteiger partial charge in [-0.15, -0.1) is 0 Å². The van der Waals surface area contributed by atoms with Crippen molar-refractivity contribution in [3.05, 3.63) is 34.4 Å². The van der Waals surface area contributed by atoms with Crippen molar-refractivity contribution in [2.45, 2.75) is 26.2 Å². The molecule has 0 amide bonds. The van der Waals surface area contributed by atoms with Crippen molar-refractivity contribution in [1.82, 2.24) is 0 Å². The van der Waals surface area contributed by atoms with Gasteiger partial charge in [-0.2, -0.15) is 0 Å². The fourth-order valence-electron chi connectivity index (χ4n) is 2.13. The van der Waals surface area contributed by atoms with Crippen LogP contribution in [0.5, 0.6) is 0 Å². The van der Waals surface area contributed by atoms with Gasteiger partial charge in [0.25, 0.3) is 0 Å². The van der Waals surface area contributed by atoms with Crippen LogP contribution in [0.4, 0.5) is 0 Å². The van der Waals surface area contributed by atoms with Crippen molar-refractivity contribution in [3.8, 4) is 0 Å². The standard InChI is InChI=1S/C12H12O3/c1-7-8-3-2-4-11(13)10(8)6-5-9(7)12(14)15/h5-6H,2-4H2,1H3,(H,14,15). The zero-order chi connectivity index (χ0) is 11.0. The predicted molar refractivity (Wildman–Crippen MR) is 55.4 cm³/mol. The first-order chi connectivity index (χ1) is 7.11. The average molecular weight is 204 g/mol. The van der Waals surface area contributed by atoms with Crippen molar-refractivity contribution in [1.29, 1.82) is 0 Å². The minimum Gasteiger partial charge on any atom is -0.478 e. The molecule has 0 heterocycles. The van der Waals surface area contributed by atoms with Crippen molar-refractivity contribution >= 4 is 11.8 Å². The molecule has 3 nitrogen and oxygen atoms in total. The van der Waals surface area contributed by atoms with Gasteiger partial charge < -0.3 is 5.11 Å². The number of aromatic carboxylic acids is 1. The van der Waals surface area contributed by atoms with E-state index >= 15 is 0 Å². The molecule has 3 heteroatoms. The number of benzene rings is 1. The molecule has 0 radical (unpaired) electrons. The van der Waals surface area contributed by atoms with E-state index in [2.05, 4.69) is 0 Å². The normalized spacial score (nSPS) is 14.9. The van der Waals surface area contributed by atoms with E-state index in [-0.39, 0.29) is 5.78 Å². The molecule has 2 rings (SSSR count). The number of ketones is 1. The van der Waals surface area contributed by atoms with Crippen LogP contribution in [0.2, 0.25) is 0 Å². The smallest absolute Gasteiger partial charge is 0.335 e. The van der Waals surface area contributed by atoms with Gasteiger partial charge in [0.05, 0.1) is 5.56 Å². The highest BCUT2D eigenvalue weighted by Crippen LogP contribution is 2.26. The molecule has 1 aliphatic rings. The van der Waals surface area contributed by atoms with Crippen LogP contribution in [0.15, 0.2) is 12.1 Å². The summed E-state index contributed by atoms with van der Waals surface area (Å²) < 4.78 is 0. The van der Waals surface area contributed by atoms with Gasteiger partial charge in [-0.3, -0.25) is 4.79 Å². The zero-order valence-electron chi connectivity index (χ0n) is 8.54. The Balaban J connectivity index is 2.62. The molecule has 15 heavy (non-hydrogen) atoms. The van der Waals surface area contributed by atoms with E-state index in [1.807, 2.05) is 0 Å². The fraction of sp³-hybridized carbons (Fsp3) is 0.333.